The average molecular weight is 323 g/mol. The molecule has 1 aromatic rings. The third kappa shape index (κ3) is 5.98. The van der Waals surface area contributed by atoms with Crippen molar-refractivity contribution in [2.75, 3.05) is 13.1 Å². The molecule has 0 bridgehead atoms. The molecule has 128 valence electrons. The lowest BCUT2D eigenvalue weighted by molar-refractivity contribution is -0.124. The van der Waals surface area contributed by atoms with Gasteiger partial charge in [-0.25, -0.2) is 4.39 Å². The fourth-order valence-electron chi connectivity index (χ4n) is 2.18. The minimum atomic E-state index is -0.712. The summed E-state index contributed by atoms with van der Waals surface area (Å²) < 4.78 is 13.7. The molecule has 2 amide bonds. The minimum Gasteiger partial charge on any atom is -0.353 e. The molecule has 2 atom stereocenters. The Labute approximate surface area is 137 Å². The van der Waals surface area contributed by atoms with E-state index in [0.29, 0.717) is 6.54 Å². The molecule has 0 heterocycles. The van der Waals surface area contributed by atoms with Crippen LogP contribution in [0.1, 0.15) is 38.1 Å². The second-order valence-corrected chi connectivity index (χ2v) is 5.88. The van der Waals surface area contributed by atoms with E-state index < -0.39 is 17.8 Å². The predicted molar refractivity (Wildman–Crippen MR) is 88.6 cm³/mol. The lowest BCUT2D eigenvalue weighted by atomic mass is 10.0. The molecule has 0 aliphatic heterocycles. The van der Waals surface area contributed by atoms with Crippen LogP contribution in [0.4, 0.5) is 4.39 Å². The number of nitrogens with one attached hydrogen (secondary N) is 3. The summed E-state index contributed by atoms with van der Waals surface area (Å²) >= 11 is 0. The molecule has 1 unspecified atom stereocenters. The molecule has 1 aromatic carbocycles. The molecule has 23 heavy (non-hydrogen) atoms. The van der Waals surface area contributed by atoms with Crippen LogP contribution < -0.4 is 16.0 Å². The van der Waals surface area contributed by atoms with Crippen molar-refractivity contribution in [2.24, 2.45) is 5.92 Å². The number of likely N-dealkylation sites (N-methyl/N-ethyl adjacent to an activating group) is 1. The Kier molecular flexibility index (Phi) is 7.68. The predicted octanol–water partition coefficient (Wildman–Crippen LogP) is 1.69. The first-order valence-electron chi connectivity index (χ1n) is 7.93. The Morgan fingerprint density at radius 1 is 1.17 bits per heavy atom. The normalized spacial score (nSPS) is 13.5. The molecule has 0 saturated heterocycles. The molecular formula is C17H26FN3O2. The van der Waals surface area contributed by atoms with Gasteiger partial charge in [0.05, 0.1) is 5.56 Å². The minimum absolute atomic E-state index is 0.0630. The van der Waals surface area contributed by atoms with Crippen molar-refractivity contribution in [3.05, 3.63) is 35.6 Å². The molecule has 0 spiro atoms. The van der Waals surface area contributed by atoms with Crippen molar-refractivity contribution in [3.63, 3.8) is 0 Å². The highest BCUT2D eigenvalue weighted by molar-refractivity contribution is 5.97. The van der Waals surface area contributed by atoms with Crippen LogP contribution in [0.3, 0.4) is 0 Å². The Morgan fingerprint density at radius 3 is 2.39 bits per heavy atom. The number of hydrogen-bond donors (Lipinski definition) is 3. The lowest BCUT2D eigenvalue weighted by Gasteiger charge is -2.23. The number of benzene rings is 1. The fourth-order valence-corrected chi connectivity index (χ4v) is 2.18. The quantitative estimate of drug-likeness (QED) is 0.682. The van der Waals surface area contributed by atoms with Gasteiger partial charge in [-0.3, -0.25) is 9.59 Å². The van der Waals surface area contributed by atoms with Gasteiger partial charge in [-0.15, -0.1) is 0 Å². The van der Waals surface area contributed by atoms with Crippen LogP contribution in [0.2, 0.25) is 0 Å². The molecule has 6 heteroatoms. The average Bonchev–Trinajstić information content (AvgIpc) is 2.50. The highest BCUT2D eigenvalue weighted by Gasteiger charge is 2.25. The summed E-state index contributed by atoms with van der Waals surface area (Å²) in [5.74, 6) is -1.57. The molecular weight excluding hydrogens is 297 g/mol. The number of carbonyl (C=O) groups excluding carboxylic acids is 2. The van der Waals surface area contributed by atoms with E-state index in [1.165, 1.54) is 18.2 Å². The van der Waals surface area contributed by atoms with Crippen molar-refractivity contribution in [1.29, 1.82) is 0 Å². The maximum atomic E-state index is 13.7. The summed E-state index contributed by atoms with van der Waals surface area (Å²) in [5.41, 5.74) is -0.0630. The summed E-state index contributed by atoms with van der Waals surface area (Å²) in [5, 5.41) is 8.62. The van der Waals surface area contributed by atoms with Gasteiger partial charge in [-0.2, -0.15) is 0 Å². The van der Waals surface area contributed by atoms with Gasteiger partial charge in [0.2, 0.25) is 5.91 Å². The molecule has 0 radical (unpaired) electrons. The van der Waals surface area contributed by atoms with E-state index in [4.69, 9.17) is 0 Å². The molecule has 0 saturated carbocycles. The summed E-state index contributed by atoms with van der Waals surface area (Å²) in [6.45, 7) is 8.90. The molecule has 3 N–H and O–H groups in total. The van der Waals surface area contributed by atoms with Gasteiger partial charge in [0.15, 0.2) is 0 Å². The van der Waals surface area contributed by atoms with E-state index in [0.717, 1.165) is 6.54 Å². The van der Waals surface area contributed by atoms with Crippen molar-refractivity contribution in [2.45, 2.75) is 39.8 Å². The summed E-state index contributed by atoms with van der Waals surface area (Å²) in [7, 11) is 0. The summed E-state index contributed by atoms with van der Waals surface area (Å²) in [6.07, 6.45) is 0. The van der Waals surface area contributed by atoms with Crippen LogP contribution >= 0.6 is 0 Å². The van der Waals surface area contributed by atoms with E-state index in [2.05, 4.69) is 16.0 Å². The third-order valence-electron chi connectivity index (χ3n) is 3.49. The second-order valence-electron chi connectivity index (χ2n) is 5.88. The van der Waals surface area contributed by atoms with Crippen LogP contribution in [0.5, 0.6) is 0 Å². The molecule has 0 aliphatic carbocycles. The first-order valence-corrected chi connectivity index (χ1v) is 7.93. The first kappa shape index (κ1) is 19.1. The van der Waals surface area contributed by atoms with Gasteiger partial charge in [-0.05, 0) is 31.5 Å². The molecule has 1 rings (SSSR count). The number of carbonyl (C=O) groups is 2. The van der Waals surface area contributed by atoms with Gasteiger partial charge in [0.25, 0.3) is 5.91 Å². The Hall–Kier alpha value is -1.95. The molecule has 0 aliphatic rings. The van der Waals surface area contributed by atoms with E-state index in [9.17, 15) is 14.0 Å². The Morgan fingerprint density at radius 2 is 1.83 bits per heavy atom. The number of rotatable bonds is 8. The highest BCUT2D eigenvalue weighted by Crippen LogP contribution is 2.09. The van der Waals surface area contributed by atoms with E-state index in [-0.39, 0.29) is 23.4 Å². The summed E-state index contributed by atoms with van der Waals surface area (Å²) in [4.78, 5) is 24.5. The van der Waals surface area contributed by atoms with E-state index in [1.807, 2.05) is 27.7 Å². The van der Waals surface area contributed by atoms with Crippen molar-refractivity contribution in [3.8, 4) is 0 Å². The number of hydrogen-bond acceptors (Lipinski definition) is 3. The van der Waals surface area contributed by atoms with Crippen LogP contribution in [0.15, 0.2) is 24.3 Å². The topological polar surface area (TPSA) is 70.2 Å². The zero-order valence-electron chi connectivity index (χ0n) is 14.2. The maximum Gasteiger partial charge on any atom is 0.254 e. The second kappa shape index (κ2) is 9.25. The van der Waals surface area contributed by atoms with E-state index >= 15 is 0 Å². The SMILES string of the molecule is CCN[C@H](C)CNC(=O)C(NC(=O)c1ccccc1F)C(C)C. The molecule has 0 aromatic heterocycles. The fraction of sp³-hybridized carbons (Fsp3) is 0.529. The number of halogens is 1. The van der Waals surface area contributed by atoms with Crippen molar-refractivity contribution in [1.82, 2.24) is 16.0 Å². The first-order chi connectivity index (χ1) is 10.9. The molecule has 5 nitrogen and oxygen atoms in total. The third-order valence-corrected chi connectivity index (χ3v) is 3.49. The zero-order chi connectivity index (χ0) is 17.4. The van der Waals surface area contributed by atoms with Crippen LogP contribution in [0, 0.1) is 11.7 Å². The van der Waals surface area contributed by atoms with Crippen molar-refractivity contribution >= 4 is 11.8 Å². The smallest absolute Gasteiger partial charge is 0.254 e. The number of amides is 2. The van der Waals surface area contributed by atoms with Crippen LogP contribution in [-0.2, 0) is 4.79 Å². The standard InChI is InChI=1S/C17H26FN3O2/c1-5-19-12(4)10-20-17(23)15(11(2)3)21-16(22)13-8-6-7-9-14(13)18/h6-9,11-12,15,19H,5,10H2,1-4H3,(H,20,23)(H,21,22)/t12-,15?/m1/s1. The van der Waals surface area contributed by atoms with Crippen molar-refractivity contribution < 1.29 is 14.0 Å². The van der Waals surface area contributed by atoms with Gasteiger partial charge >= 0.3 is 0 Å². The molecule has 0 fully saturated rings. The van der Waals surface area contributed by atoms with Gasteiger partial charge in [0, 0.05) is 12.6 Å². The van der Waals surface area contributed by atoms with E-state index in [1.54, 1.807) is 6.07 Å². The monoisotopic (exact) mass is 323 g/mol. The highest BCUT2D eigenvalue weighted by atomic mass is 19.1. The largest absolute Gasteiger partial charge is 0.353 e. The maximum absolute atomic E-state index is 13.7. The zero-order valence-corrected chi connectivity index (χ0v) is 14.2. The Bertz CT molecular complexity index is 534. The van der Waals surface area contributed by atoms with Gasteiger partial charge in [-0.1, -0.05) is 32.9 Å². The lowest BCUT2D eigenvalue weighted by Crippen LogP contribution is -2.52. The van der Waals surface area contributed by atoms with Crippen LogP contribution in [-0.4, -0.2) is 37.0 Å². The summed E-state index contributed by atoms with van der Waals surface area (Å²) in [6, 6.07) is 5.14. The Balaban J connectivity index is 2.69. The van der Waals surface area contributed by atoms with Crippen LogP contribution in [0.25, 0.3) is 0 Å². The van der Waals surface area contributed by atoms with Gasteiger partial charge < -0.3 is 16.0 Å². The van der Waals surface area contributed by atoms with Gasteiger partial charge in [0.1, 0.15) is 11.9 Å².